The fourth-order valence-electron chi connectivity index (χ4n) is 2.86. The lowest BCUT2D eigenvalue weighted by Crippen LogP contribution is -2.23. The Hall–Kier alpha value is -3.21. The lowest BCUT2D eigenvalue weighted by atomic mass is 10.1. The maximum absolute atomic E-state index is 12.1. The van der Waals surface area contributed by atoms with Crippen LogP contribution in [0.15, 0.2) is 54.6 Å². The van der Waals surface area contributed by atoms with E-state index in [0.717, 1.165) is 24.2 Å². The van der Waals surface area contributed by atoms with Crippen LogP contribution in [0.5, 0.6) is 0 Å². The van der Waals surface area contributed by atoms with Crippen molar-refractivity contribution in [2.45, 2.75) is 19.8 Å². The second-order valence-electron chi connectivity index (χ2n) is 6.20. The van der Waals surface area contributed by atoms with Crippen LogP contribution in [-0.2, 0) is 9.59 Å². The van der Waals surface area contributed by atoms with Crippen LogP contribution in [0.2, 0.25) is 0 Å². The zero-order valence-electron chi connectivity index (χ0n) is 14.6. The minimum Gasteiger partial charge on any atom is -0.322 e. The Balaban J connectivity index is 1.62. The van der Waals surface area contributed by atoms with E-state index in [-0.39, 0.29) is 17.6 Å². The highest BCUT2D eigenvalue weighted by Crippen LogP contribution is 2.22. The van der Waals surface area contributed by atoms with Crippen LogP contribution >= 0.6 is 0 Å². The molecule has 1 aliphatic heterocycles. The van der Waals surface area contributed by atoms with Crippen molar-refractivity contribution < 1.29 is 14.4 Å². The number of rotatable bonds is 5. The van der Waals surface area contributed by atoms with Crippen molar-refractivity contribution >= 4 is 35.0 Å². The molecular formula is C21H20N2O3. The van der Waals surface area contributed by atoms with Gasteiger partial charge in [0.25, 0.3) is 0 Å². The highest BCUT2D eigenvalue weighted by molar-refractivity contribution is 6.03. The average molecular weight is 348 g/mol. The normalized spacial score (nSPS) is 14.0. The summed E-state index contributed by atoms with van der Waals surface area (Å²) in [7, 11) is 0. The van der Waals surface area contributed by atoms with E-state index in [1.807, 2.05) is 24.3 Å². The molecule has 0 atom stereocenters. The van der Waals surface area contributed by atoms with Crippen molar-refractivity contribution in [3.63, 3.8) is 0 Å². The van der Waals surface area contributed by atoms with E-state index in [2.05, 4.69) is 5.32 Å². The van der Waals surface area contributed by atoms with Gasteiger partial charge in [0.15, 0.2) is 5.78 Å². The number of carbonyl (C=O) groups is 3. The lowest BCUT2D eigenvalue weighted by Gasteiger charge is -2.15. The molecule has 26 heavy (non-hydrogen) atoms. The number of hydrogen-bond donors (Lipinski definition) is 1. The van der Waals surface area contributed by atoms with E-state index in [9.17, 15) is 14.4 Å². The zero-order valence-corrected chi connectivity index (χ0v) is 14.6. The number of hydrogen-bond acceptors (Lipinski definition) is 3. The van der Waals surface area contributed by atoms with E-state index in [4.69, 9.17) is 0 Å². The van der Waals surface area contributed by atoms with Crippen molar-refractivity contribution in [1.82, 2.24) is 0 Å². The molecule has 2 aromatic rings. The Morgan fingerprint density at radius 3 is 2.54 bits per heavy atom. The van der Waals surface area contributed by atoms with Gasteiger partial charge in [-0.3, -0.25) is 14.4 Å². The van der Waals surface area contributed by atoms with Crippen LogP contribution in [0.4, 0.5) is 11.4 Å². The van der Waals surface area contributed by atoms with Gasteiger partial charge < -0.3 is 10.2 Å². The van der Waals surface area contributed by atoms with Crippen LogP contribution in [0, 0.1) is 0 Å². The van der Waals surface area contributed by atoms with E-state index < -0.39 is 0 Å². The van der Waals surface area contributed by atoms with E-state index in [1.165, 1.54) is 13.0 Å². The maximum atomic E-state index is 12.1. The van der Waals surface area contributed by atoms with Crippen LogP contribution in [0.1, 0.15) is 35.7 Å². The standard InChI is InChI=1S/C21H20N2O3/c1-15(24)17-4-2-5-18(14-17)22-20(25)12-9-16-7-10-19(11-8-16)23-13-3-6-21(23)26/h2,4-5,7-12,14H,3,6,13H2,1H3,(H,22,25)/b12-9+. The summed E-state index contributed by atoms with van der Waals surface area (Å²) < 4.78 is 0. The van der Waals surface area contributed by atoms with Gasteiger partial charge in [0.1, 0.15) is 0 Å². The van der Waals surface area contributed by atoms with Crippen LogP contribution in [-0.4, -0.2) is 24.1 Å². The third-order valence-corrected chi connectivity index (χ3v) is 4.24. The Bertz CT molecular complexity index is 869. The molecule has 5 nitrogen and oxygen atoms in total. The molecule has 0 unspecified atom stereocenters. The van der Waals surface area contributed by atoms with Crippen LogP contribution < -0.4 is 10.2 Å². The molecule has 2 amide bonds. The molecule has 2 aromatic carbocycles. The summed E-state index contributed by atoms with van der Waals surface area (Å²) in [5, 5.41) is 2.74. The number of anilines is 2. The molecule has 1 saturated heterocycles. The number of nitrogens with one attached hydrogen (secondary N) is 1. The molecule has 0 bridgehead atoms. The van der Waals surface area contributed by atoms with E-state index in [0.29, 0.717) is 17.7 Å². The van der Waals surface area contributed by atoms with Crippen molar-refractivity contribution in [2.24, 2.45) is 0 Å². The molecule has 132 valence electrons. The molecule has 0 aliphatic carbocycles. The lowest BCUT2D eigenvalue weighted by molar-refractivity contribution is -0.117. The van der Waals surface area contributed by atoms with Crippen molar-refractivity contribution in [1.29, 1.82) is 0 Å². The largest absolute Gasteiger partial charge is 0.322 e. The monoisotopic (exact) mass is 348 g/mol. The first-order valence-electron chi connectivity index (χ1n) is 8.53. The molecule has 1 fully saturated rings. The highest BCUT2D eigenvalue weighted by Gasteiger charge is 2.21. The maximum Gasteiger partial charge on any atom is 0.248 e. The topological polar surface area (TPSA) is 66.5 Å². The van der Waals surface area contributed by atoms with Gasteiger partial charge in [-0.05, 0) is 49.2 Å². The molecule has 1 aliphatic rings. The number of amides is 2. The Labute approximate surface area is 152 Å². The second-order valence-corrected chi connectivity index (χ2v) is 6.20. The molecule has 0 saturated carbocycles. The average Bonchev–Trinajstić information content (AvgIpc) is 3.06. The molecule has 0 spiro atoms. The van der Waals surface area contributed by atoms with Gasteiger partial charge in [0, 0.05) is 36.0 Å². The smallest absolute Gasteiger partial charge is 0.248 e. The SMILES string of the molecule is CC(=O)c1cccc(NC(=O)/C=C/c2ccc(N3CCCC3=O)cc2)c1. The van der Waals surface area contributed by atoms with Gasteiger partial charge in [-0.2, -0.15) is 0 Å². The molecular weight excluding hydrogens is 328 g/mol. The first-order valence-corrected chi connectivity index (χ1v) is 8.53. The minimum atomic E-state index is -0.274. The van der Waals surface area contributed by atoms with Crippen molar-refractivity contribution in [3.8, 4) is 0 Å². The third-order valence-electron chi connectivity index (χ3n) is 4.24. The van der Waals surface area contributed by atoms with Crippen molar-refractivity contribution in [2.75, 3.05) is 16.8 Å². The second kappa shape index (κ2) is 7.78. The molecule has 0 aromatic heterocycles. The van der Waals surface area contributed by atoms with E-state index >= 15 is 0 Å². The van der Waals surface area contributed by atoms with E-state index in [1.54, 1.807) is 35.2 Å². The number of benzene rings is 2. The predicted octanol–water partition coefficient (Wildman–Crippen LogP) is 3.67. The van der Waals surface area contributed by atoms with Gasteiger partial charge in [-0.25, -0.2) is 0 Å². The van der Waals surface area contributed by atoms with Gasteiger partial charge in [0.2, 0.25) is 11.8 Å². The van der Waals surface area contributed by atoms with Gasteiger partial charge in [0.05, 0.1) is 0 Å². The summed E-state index contributed by atoms with van der Waals surface area (Å²) >= 11 is 0. The summed E-state index contributed by atoms with van der Waals surface area (Å²) in [6, 6.07) is 14.3. The fraction of sp³-hybridized carbons (Fsp3) is 0.190. The Morgan fingerprint density at radius 1 is 1.12 bits per heavy atom. The van der Waals surface area contributed by atoms with Crippen LogP contribution in [0.25, 0.3) is 6.08 Å². The first kappa shape index (κ1) is 17.6. The number of ketones is 1. The van der Waals surface area contributed by atoms with Crippen molar-refractivity contribution in [3.05, 3.63) is 65.7 Å². The first-order chi connectivity index (χ1) is 12.5. The summed E-state index contributed by atoms with van der Waals surface area (Å²) in [5.41, 5.74) is 2.89. The van der Waals surface area contributed by atoms with Gasteiger partial charge in [-0.1, -0.05) is 24.3 Å². The summed E-state index contributed by atoms with van der Waals surface area (Å²) in [5.74, 6) is -0.168. The molecule has 5 heteroatoms. The number of carbonyl (C=O) groups excluding carboxylic acids is 3. The Kier molecular flexibility index (Phi) is 5.27. The summed E-state index contributed by atoms with van der Waals surface area (Å²) in [6.07, 6.45) is 4.65. The summed E-state index contributed by atoms with van der Waals surface area (Å²) in [4.78, 5) is 37.0. The van der Waals surface area contributed by atoms with Gasteiger partial charge >= 0.3 is 0 Å². The fourth-order valence-corrected chi connectivity index (χ4v) is 2.86. The number of nitrogens with zero attached hydrogens (tertiary/aromatic N) is 1. The Morgan fingerprint density at radius 2 is 1.88 bits per heavy atom. The molecule has 1 N–H and O–H groups in total. The van der Waals surface area contributed by atoms with Gasteiger partial charge in [-0.15, -0.1) is 0 Å². The quantitative estimate of drug-likeness (QED) is 0.662. The molecule has 0 radical (unpaired) electrons. The zero-order chi connectivity index (χ0) is 18.5. The predicted molar refractivity (Wildman–Crippen MR) is 102 cm³/mol. The minimum absolute atomic E-state index is 0.0479. The molecule has 1 heterocycles. The molecule has 3 rings (SSSR count). The highest BCUT2D eigenvalue weighted by atomic mass is 16.2. The van der Waals surface area contributed by atoms with Crippen LogP contribution in [0.3, 0.4) is 0 Å². The third kappa shape index (κ3) is 4.25. The number of Topliss-reactive ketones (excluding diaryl/α,β-unsaturated/α-hetero) is 1. The summed E-state index contributed by atoms with van der Waals surface area (Å²) in [6.45, 7) is 2.25.